The van der Waals surface area contributed by atoms with Gasteiger partial charge in [0.15, 0.2) is 5.69 Å². The number of H-pyrrole nitrogens is 1. The molecule has 2 bridgehead atoms. The van der Waals surface area contributed by atoms with Crippen molar-refractivity contribution in [3.8, 4) is 0 Å². The van der Waals surface area contributed by atoms with E-state index in [1.165, 1.54) is 11.1 Å². The second kappa shape index (κ2) is 6.20. The standard InChI is InChI=1S/C22H19N3O2/c26-21-19-9-5-4-8-18(19)20(23-24-21)22(27)25-16-10-11-17(25)13-15(12-16)14-6-2-1-3-7-14/h1-9,12,16-17H,10-11,13H2,(H,24,26). The Morgan fingerprint density at radius 2 is 1.74 bits per heavy atom. The number of aromatic amines is 1. The van der Waals surface area contributed by atoms with E-state index < -0.39 is 0 Å². The van der Waals surface area contributed by atoms with Crippen LogP contribution in [0.4, 0.5) is 0 Å². The average molecular weight is 357 g/mol. The van der Waals surface area contributed by atoms with Crippen molar-refractivity contribution in [2.45, 2.75) is 31.3 Å². The molecular formula is C22H19N3O2. The molecule has 0 saturated carbocycles. The van der Waals surface area contributed by atoms with Crippen LogP contribution in [0, 0.1) is 0 Å². The van der Waals surface area contributed by atoms with Crippen LogP contribution in [0.2, 0.25) is 0 Å². The van der Waals surface area contributed by atoms with E-state index in [0.717, 1.165) is 19.3 Å². The summed E-state index contributed by atoms with van der Waals surface area (Å²) in [5.41, 5.74) is 2.61. The van der Waals surface area contributed by atoms with Gasteiger partial charge < -0.3 is 4.90 Å². The van der Waals surface area contributed by atoms with E-state index in [2.05, 4.69) is 28.4 Å². The number of carbonyl (C=O) groups excluding carboxylic acids is 1. The Hall–Kier alpha value is -3.21. The minimum absolute atomic E-state index is 0.0824. The Bertz CT molecular complexity index is 1120. The number of hydrogen-bond acceptors (Lipinski definition) is 3. The molecule has 5 nitrogen and oxygen atoms in total. The average Bonchev–Trinajstić information content (AvgIpc) is 2.98. The molecular weight excluding hydrogens is 338 g/mol. The Morgan fingerprint density at radius 1 is 1.00 bits per heavy atom. The summed E-state index contributed by atoms with van der Waals surface area (Å²) in [5.74, 6) is -0.0988. The van der Waals surface area contributed by atoms with E-state index in [1.807, 2.05) is 29.2 Å². The van der Waals surface area contributed by atoms with Gasteiger partial charge in [0, 0.05) is 11.4 Å². The van der Waals surface area contributed by atoms with Crippen molar-refractivity contribution in [3.63, 3.8) is 0 Å². The summed E-state index contributed by atoms with van der Waals surface area (Å²) in [4.78, 5) is 27.3. The van der Waals surface area contributed by atoms with Crippen LogP contribution in [0.1, 0.15) is 35.3 Å². The maximum Gasteiger partial charge on any atom is 0.275 e. The number of nitrogens with one attached hydrogen (secondary N) is 1. The summed E-state index contributed by atoms with van der Waals surface area (Å²) in [6.07, 6.45) is 5.04. The molecule has 0 aliphatic carbocycles. The zero-order valence-electron chi connectivity index (χ0n) is 14.8. The first-order chi connectivity index (χ1) is 13.2. The zero-order valence-corrected chi connectivity index (χ0v) is 14.8. The van der Waals surface area contributed by atoms with Crippen molar-refractivity contribution in [1.29, 1.82) is 0 Å². The van der Waals surface area contributed by atoms with Crippen LogP contribution in [-0.4, -0.2) is 33.1 Å². The first-order valence-electron chi connectivity index (χ1n) is 9.28. The molecule has 0 radical (unpaired) electrons. The van der Waals surface area contributed by atoms with Gasteiger partial charge in [-0.3, -0.25) is 9.59 Å². The molecule has 5 rings (SSSR count). The van der Waals surface area contributed by atoms with Gasteiger partial charge in [0.1, 0.15) is 0 Å². The molecule has 134 valence electrons. The van der Waals surface area contributed by atoms with E-state index in [1.54, 1.807) is 18.2 Å². The fraction of sp³-hybridized carbons (Fsp3) is 0.227. The van der Waals surface area contributed by atoms with E-state index in [-0.39, 0.29) is 23.6 Å². The quantitative estimate of drug-likeness (QED) is 0.765. The molecule has 2 aromatic carbocycles. The highest BCUT2D eigenvalue weighted by molar-refractivity contribution is 6.05. The minimum Gasteiger partial charge on any atom is -0.327 e. The van der Waals surface area contributed by atoms with Crippen LogP contribution in [0.5, 0.6) is 0 Å². The summed E-state index contributed by atoms with van der Waals surface area (Å²) in [6.45, 7) is 0. The molecule has 2 unspecified atom stereocenters. The van der Waals surface area contributed by atoms with Crippen LogP contribution in [0.3, 0.4) is 0 Å². The summed E-state index contributed by atoms with van der Waals surface area (Å²) < 4.78 is 0. The number of carbonyl (C=O) groups is 1. The molecule has 1 saturated heterocycles. The van der Waals surface area contributed by atoms with E-state index in [0.29, 0.717) is 16.5 Å². The minimum atomic E-state index is -0.268. The summed E-state index contributed by atoms with van der Waals surface area (Å²) >= 11 is 0. The van der Waals surface area contributed by atoms with Crippen LogP contribution in [-0.2, 0) is 0 Å². The van der Waals surface area contributed by atoms with Crippen molar-refractivity contribution in [1.82, 2.24) is 15.1 Å². The lowest BCUT2D eigenvalue weighted by molar-refractivity contribution is 0.0687. The highest BCUT2D eigenvalue weighted by Gasteiger charge is 2.40. The largest absolute Gasteiger partial charge is 0.327 e. The Kier molecular flexibility index (Phi) is 3.67. The molecule has 3 aromatic rings. The number of amides is 1. The molecule has 2 aliphatic rings. The summed E-state index contributed by atoms with van der Waals surface area (Å²) in [5, 5.41) is 7.70. The maximum atomic E-state index is 13.3. The molecule has 0 spiro atoms. The highest BCUT2D eigenvalue weighted by atomic mass is 16.2. The maximum absolute atomic E-state index is 13.3. The smallest absolute Gasteiger partial charge is 0.275 e. The Labute approximate surface area is 156 Å². The van der Waals surface area contributed by atoms with Gasteiger partial charge in [0.2, 0.25) is 0 Å². The fourth-order valence-corrected chi connectivity index (χ4v) is 4.41. The molecule has 3 heterocycles. The third-order valence-electron chi connectivity index (χ3n) is 5.67. The highest BCUT2D eigenvalue weighted by Crippen LogP contribution is 2.39. The second-order valence-corrected chi connectivity index (χ2v) is 7.22. The number of nitrogens with zero attached hydrogens (tertiary/aromatic N) is 2. The number of benzene rings is 2. The van der Waals surface area contributed by atoms with E-state index >= 15 is 0 Å². The predicted molar refractivity (Wildman–Crippen MR) is 104 cm³/mol. The summed E-state index contributed by atoms with van der Waals surface area (Å²) in [6, 6.07) is 17.8. The lowest BCUT2D eigenvalue weighted by Crippen LogP contribution is -2.43. The molecule has 1 N–H and O–H groups in total. The van der Waals surface area contributed by atoms with Crippen molar-refractivity contribution in [2.24, 2.45) is 0 Å². The fourth-order valence-electron chi connectivity index (χ4n) is 4.41. The molecule has 1 amide bonds. The number of rotatable bonds is 2. The molecule has 1 aromatic heterocycles. The SMILES string of the molecule is O=C(c1n[nH]c(=O)c2ccccc12)N1C2C=C(c3ccccc3)CC1CC2. The van der Waals surface area contributed by atoms with Crippen LogP contribution in [0.25, 0.3) is 16.3 Å². The van der Waals surface area contributed by atoms with Crippen LogP contribution >= 0.6 is 0 Å². The normalized spacial score (nSPS) is 21.3. The Balaban J connectivity index is 1.54. The van der Waals surface area contributed by atoms with Gasteiger partial charge in [-0.05, 0) is 36.5 Å². The van der Waals surface area contributed by atoms with Crippen molar-refractivity contribution >= 4 is 22.3 Å². The zero-order chi connectivity index (χ0) is 18.4. The number of fused-ring (bicyclic) bond motifs is 3. The summed E-state index contributed by atoms with van der Waals surface area (Å²) in [7, 11) is 0. The van der Waals surface area contributed by atoms with Crippen molar-refractivity contribution in [2.75, 3.05) is 0 Å². The first kappa shape index (κ1) is 16.0. The third-order valence-corrected chi connectivity index (χ3v) is 5.67. The first-order valence-corrected chi connectivity index (χ1v) is 9.28. The molecule has 27 heavy (non-hydrogen) atoms. The topological polar surface area (TPSA) is 66.1 Å². The van der Waals surface area contributed by atoms with Gasteiger partial charge in [-0.25, -0.2) is 5.10 Å². The van der Waals surface area contributed by atoms with Gasteiger partial charge in [-0.15, -0.1) is 0 Å². The van der Waals surface area contributed by atoms with Crippen LogP contribution in [0.15, 0.2) is 65.5 Å². The molecule has 2 aliphatic heterocycles. The molecule has 5 heteroatoms. The molecule has 2 atom stereocenters. The third kappa shape index (κ3) is 2.58. The van der Waals surface area contributed by atoms with Gasteiger partial charge >= 0.3 is 0 Å². The van der Waals surface area contributed by atoms with Crippen LogP contribution < -0.4 is 5.56 Å². The molecule has 1 fully saturated rings. The predicted octanol–water partition coefficient (Wildman–Crippen LogP) is 3.38. The number of aromatic nitrogens is 2. The van der Waals surface area contributed by atoms with E-state index in [4.69, 9.17) is 0 Å². The van der Waals surface area contributed by atoms with Gasteiger partial charge in [0.25, 0.3) is 11.5 Å². The lowest BCUT2D eigenvalue weighted by Gasteiger charge is -2.34. The van der Waals surface area contributed by atoms with Crippen molar-refractivity contribution in [3.05, 3.63) is 82.3 Å². The van der Waals surface area contributed by atoms with Crippen molar-refractivity contribution < 1.29 is 4.79 Å². The van der Waals surface area contributed by atoms with E-state index in [9.17, 15) is 9.59 Å². The van der Waals surface area contributed by atoms with Gasteiger partial charge in [-0.2, -0.15) is 5.10 Å². The Morgan fingerprint density at radius 3 is 2.52 bits per heavy atom. The lowest BCUT2D eigenvalue weighted by atomic mass is 9.94. The second-order valence-electron chi connectivity index (χ2n) is 7.22. The van der Waals surface area contributed by atoms with Gasteiger partial charge in [-0.1, -0.05) is 54.6 Å². The number of hydrogen-bond donors (Lipinski definition) is 1. The van der Waals surface area contributed by atoms with Gasteiger partial charge in [0.05, 0.1) is 11.4 Å². The monoisotopic (exact) mass is 357 g/mol.